The van der Waals surface area contributed by atoms with E-state index in [2.05, 4.69) is 21.3 Å². The minimum absolute atomic E-state index is 0.0255. The van der Waals surface area contributed by atoms with E-state index in [4.69, 9.17) is 19.4 Å². The van der Waals surface area contributed by atoms with Gasteiger partial charge in [-0.15, -0.1) is 11.3 Å². The molecule has 67 heavy (non-hydrogen) atoms. The molecule has 2 aliphatic carbocycles. The van der Waals surface area contributed by atoms with E-state index in [1.165, 1.54) is 16.2 Å². The zero-order valence-electron chi connectivity index (χ0n) is 37.6. The van der Waals surface area contributed by atoms with E-state index in [1.807, 2.05) is 37.4 Å². The Bertz CT molecular complexity index is 2680. The van der Waals surface area contributed by atoms with Gasteiger partial charge in [-0.1, -0.05) is 37.1 Å². The number of fused-ring (bicyclic) bond motifs is 4. The molecule has 6 amide bonds. The van der Waals surface area contributed by atoms with Crippen LogP contribution in [-0.2, 0) is 14.4 Å². The molecule has 1 saturated heterocycles. The molecule has 5 heterocycles. The fourth-order valence-corrected chi connectivity index (χ4v) is 10.2. The smallest absolute Gasteiger partial charge is 0.330 e. The third kappa shape index (κ3) is 9.31. The monoisotopic (exact) mass is 930 g/mol. The zero-order valence-corrected chi connectivity index (χ0v) is 38.4. The van der Waals surface area contributed by atoms with Gasteiger partial charge >= 0.3 is 12.0 Å². The molecule has 2 saturated carbocycles. The van der Waals surface area contributed by atoms with Crippen LogP contribution >= 0.6 is 11.3 Å². The average molecular weight is 931 g/mol. The first-order valence-electron chi connectivity index (χ1n) is 23.0. The molecule has 17 nitrogen and oxygen atoms in total. The molecule has 350 valence electrons. The summed E-state index contributed by atoms with van der Waals surface area (Å²) in [6.07, 6.45) is 8.55. The van der Waals surface area contributed by atoms with Crippen LogP contribution in [0.15, 0.2) is 77.3 Å². The van der Waals surface area contributed by atoms with E-state index >= 15 is 4.79 Å². The number of allylic oxidation sites excluding steroid dienone is 2. The van der Waals surface area contributed by atoms with Crippen molar-refractivity contribution in [3.8, 4) is 22.9 Å². The molecular weight excluding hydrogens is 877 g/mol. The Morgan fingerprint density at radius 2 is 1.76 bits per heavy atom. The summed E-state index contributed by atoms with van der Waals surface area (Å²) < 4.78 is 12.3. The third-order valence-corrected chi connectivity index (χ3v) is 14.0. The number of imide groups is 1. The van der Waals surface area contributed by atoms with Crippen molar-refractivity contribution in [2.24, 2.45) is 5.92 Å². The molecule has 3 aliphatic heterocycles. The molecule has 2 aromatic heterocycles. The van der Waals surface area contributed by atoms with Gasteiger partial charge in [0.25, 0.3) is 11.8 Å². The number of hydrogen-bond acceptors (Lipinski definition) is 12. The van der Waals surface area contributed by atoms with Crippen molar-refractivity contribution >= 4 is 63.0 Å². The maximum absolute atomic E-state index is 15.0. The number of urea groups is 1. The van der Waals surface area contributed by atoms with Crippen LogP contribution in [0.1, 0.15) is 98.8 Å². The number of carbonyl (C=O) groups is 6. The Morgan fingerprint density at radius 1 is 0.985 bits per heavy atom. The summed E-state index contributed by atoms with van der Waals surface area (Å²) in [5, 5.41) is 25.6. The maximum Gasteiger partial charge on any atom is 0.330 e. The standard InChI is InChI=1S/C49H54N8O9S/c1-27(2)50-48-54-39(26-67-48)37-22-41(34-19-18-30(65-3)20-36(34)51-37)66-31-21-40-42(58)55-49(46(62)63)23-29(49)14-7-5-4-6-8-17-35(45(61)56(40)24-31)52-47(64)53-38(28-12-11-13-28)25-57-43(59)32-15-9-10-16-33(32)44(57)60/h7,9-10,14-16,18-20,22,26-27,29,31,35,40H,4-6,8,11-13,17,21,23-25H2,1-3H3,(H,50,54)(H,55,58)(H,62,63)(H2,52,53,64)/b14-7-/t29?,31-,35+,40+,49-/m1/s1. The van der Waals surface area contributed by atoms with Gasteiger partial charge in [0.1, 0.15) is 40.9 Å². The molecule has 0 bridgehead atoms. The molecule has 4 aromatic rings. The number of pyridine rings is 1. The summed E-state index contributed by atoms with van der Waals surface area (Å²) in [4.78, 5) is 95.2. The highest BCUT2D eigenvalue weighted by molar-refractivity contribution is 7.14. The molecule has 0 spiro atoms. The van der Waals surface area contributed by atoms with E-state index < -0.39 is 65.3 Å². The summed E-state index contributed by atoms with van der Waals surface area (Å²) in [5.41, 5.74) is 2.15. The fraction of sp³-hybridized carbons (Fsp3) is 0.429. The van der Waals surface area contributed by atoms with Crippen LogP contribution < -0.4 is 30.7 Å². The number of amides is 6. The number of nitrogens with one attached hydrogen (secondary N) is 4. The SMILES string of the molecule is COc1ccc2c(O[C@@H]3C[C@H]4C(=O)N[C@]5(C(=O)O)CC5/C=C\CCCCC[C@H](NC(=O)NC(CN5C(=O)c6ccccc6C5=O)=C5CCC5)C(=O)N4C3)cc(-c3csc(NC(C)C)n3)nc2c1. The van der Waals surface area contributed by atoms with Crippen LogP contribution in [0.3, 0.4) is 0 Å². The van der Waals surface area contributed by atoms with Crippen LogP contribution in [0.4, 0.5) is 9.93 Å². The third-order valence-electron chi connectivity index (χ3n) is 13.2. The first-order valence-corrected chi connectivity index (χ1v) is 23.8. The largest absolute Gasteiger partial charge is 0.497 e. The number of anilines is 1. The summed E-state index contributed by atoms with van der Waals surface area (Å²) in [7, 11) is 1.57. The Morgan fingerprint density at radius 3 is 2.46 bits per heavy atom. The highest BCUT2D eigenvalue weighted by atomic mass is 32.1. The molecule has 2 aromatic carbocycles. The van der Waals surface area contributed by atoms with E-state index in [0.29, 0.717) is 76.3 Å². The van der Waals surface area contributed by atoms with Gasteiger partial charge in [-0.3, -0.25) is 24.1 Å². The Balaban J connectivity index is 1.00. The number of carbonyl (C=O) groups excluding carboxylic acids is 5. The first-order chi connectivity index (χ1) is 32.3. The number of ether oxygens (including phenoxy) is 2. The zero-order chi connectivity index (χ0) is 47.0. The van der Waals surface area contributed by atoms with Gasteiger partial charge < -0.3 is 40.7 Å². The van der Waals surface area contributed by atoms with Crippen LogP contribution in [0.5, 0.6) is 11.5 Å². The van der Waals surface area contributed by atoms with Crippen LogP contribution in [0.25, 0.3) is 22.3 Å². The van der Waals surface area contributed by atoms with E-state index in [1.54, 1.807) is 49.6 Å². The highest BCUT2D eigenvalue weighted by Crippen LogP contribution is 2.46. The van der Waals surface area contributed by atoms with Gasteiger partial charge in [0.05, 0.1) is 42.5 Å². The van der Waals surface area contributed by atoms with Gasteiger partial charge in [0, 0.05) is 47.0 Å². The second-order valence-electron chi connectivity index (χ2n) is 18.2. The molecule has 5 aliphatic rings. The second-order valence-corrected chi connectivity index (χ2v) is 19.0. The van der Waals surface area contributed by atoms with Crippen LogP contribution in [-0.4, -0.2) is 110 Å². The number of aliphatic carboxylic acids is 1. The van der Waals surface area contributed by atoms with Crippen molar-refractivity contribution in [2.75, 3.05) is 25.5 Å². The molecule has 5 N–H and O–H groups in total. The number of benzene rings is 2. The van der Waals surface area contributed by atoms with Gasteiger partial charge in [0.2, 0.25) is 11.8 Å². The van der Waals surface area contributed by atoms with Gasteiger partial charge in [-0.05, 0) is 88.6 Å². The molecule has 1 unspecified atom stereocenters. The topological polar surface area (TPSA) is 221 Å². The van der Waals surface area contributed by atoms with E-state index in [-0.39, 0.29) is 38.4 Å². The Kier molecular flexibility index (Phi) is 12.7. The minimum atomic E-state index is -1.52. The average Bonchev–Trinajstić information content (AvgIpc) is 3.51. The number of hydrogen-bond donors (Lipinski definition) is 5. The number of carboxylic acid groups (broad SMARTS) is 1. The van der Waals surface area contributed by atoms with Crippen LogP contribution in [0.2, 0.25) is 0 Å². The molecule has 18 heteroatoms. The Hall–Kier alpha value is -6.82. The lowest BCUT2D eigenvalue weighted by Gasteiger charge is -2.30. The Labute approximate surface area is 391 Å². The lowest BCUT2D eigenvalue weighted by atomic mass is 9.90. The van der Waals surface area contributed by atoms with Crippen molar-refractivity contribution in [1.82, 2.24) is 35.7 Å². The van der Waals surface area contributed by atoms with E-state index in [0.717, 1.165) is 34.9 Å². The van der Waals surface area contributed by atoms with Crippen molar-refractivity contribution in [3.05, 3.63) is 88.5 Å². The summed E-state index contributed by atoms with van der Waals surface area (Å²) >= 11 is 1.45. The van der Waals surface area contributed by atoms with Crippen LogP contribution in [0, 0.1) is 5.92 Å². The van der Waals surface area contributed by atoms with Gasteiger partial charge in [0.15, 0.2) is 5.13 Å². The van der Waals surface area contributed by atoms with Crippen molar-refractivity contribution in [3.63, 3.8) is 0 Å². The van der Waals surface area contributed by atoms with Gasteiger partial charge in [-0.2, -0.15) is 0 Å². The number of aromatic nitrogens is 2. The quantitative estimate of drug-likeness (QED) is 0.0813. The number of rotatable bonds is 11. The van der Waals surface area contributed by atoms with Crippen molar-refractivity contribution in [1.29, 1.82) is 0 Å². The van der Waals surface area contributed by atoms with Crippen molar-refractivity contribution < 1.29 is 43.3 Å². The first kappa shape index (κ1) is 45.3. The molecule has 9 rings (SSSR count). The molecule has 0 radical (unpaired) electrons. The molecule has 3 fully saturated rings. The number of carboxylic acids is 1. The fourth-order valence-electron chi connectivity index (χ4n) is 9.33. The van der Waals surface area contributed by atoms with Crippen molar-refractivity contribution in [2.45, 2.75) is 108 Å². The summed E-state index contributed by atoms with van der Waals surface area (Å²) in [5.74, 6) is -2.60. The van der Waals surface area contributed by atoms with Gasteiger partial charge in [-0.25, -0.2) is 19.6 Å². The minimum Gasteiger partial charge on any atom is -0.497 e. The lowest BCUT2D eigenvalue weighted by molar-refractivity contribution is -0.145. The lowest BCUT2D eigenvalue weighted by Crippen LogP contribution is -2.57. The van der Waals surface area contributed by atoms with E-state index in [9.17, 15) is 29.1 Å². The second kappa shape index (κ2) is 18.8. The normalized spacial score (nSPS) is 24.4. The molecule has 5 atom stereocenters. The predicted octanol–water partition coefficient (Wildman–Crippen LogP) is 6.42. The number of thiazole rings is 1. The number of nitrogens with zero attached hydrogens (tertiary/aromatic N) is 4. The summed E-state index contributed by atoms with van der Waals surface area (Å²) in [6, 6.07) is 11.0. The highest BCUT2D eigenvalue weighted by Gasteiger charge is 2.61. The predicted molar refractivity (Wildman–Crippen MR) is 250 cm³/mol. The molecular formula is C49H54N8O9S. The maximum atomic E-state index is 15.0. The summed E-state index contributed by atoms with van der Waals surface area (Å²) in [6.45, 7) is 3.86. The number of methoxy groups -OCH3 is 1.